The molecule has 0 bridgehead atoms. The molecule has 0 unspecified atom stereocenters. The number of aryl methyl sites for hydroxylation is 1. The molecule has 8 heteroatoms. The van der Waals surface area contributed by atoms with Crippen LogP contribution in [0.25, 0.3) is 0 Å². The lowest BCUT2D eigenvalue weighted by atomic mass is 10.2. The Morgan fingerprint density at radius 3 is 2.27 bits per heavy atom. The Kier molecular flexibility index (Phi) is 6.58. The summed E-state index contributed by atoms with van der Waals surface area (Å²) >= 11 is 0. The number of carbonyl (C=O) groups excluding carboxylic acids is 1. The Labute approximate surface area is 175 Å². The summed E-state index contributed by atoms with van der Waals surface area (Å²) in [5, 5.41) is 2.67. The highest BCUT2D eigenvalue weighted by atomic mass is 32.2. The van der Waals surface area contributed by atoms with Crippen molar-refractivity contribution in [3.8, 4) is 11.5 Å². The first-order chi connectivity index (χ1) is 14.4. The molecule has 0 radical (unpaired) electrons. The lowest BCUT2D eigenvalue weighted by molar-refractivity contribution is -0.118. The highest BCUT2D eigenvalue weighted by molar-refractivity contribution is 7.92. The van der Waals surface area contributed by atoms with Crippen molar-refractivity contribution in [3.05, 3.63) is 78.4 Å². The van der Waals surface area contributed by atoms with Crippen LogP contribution in [-0.4, -0.2) is 28.0 Å². The molecule has 1 amide bonds. The van der Waals surface area contributed by atoms with Crippen molar-refractivity contribution in [2.75, 3.05) is 23.8 Å². The first-order valence-electron chi connectivity index (χ1n) is 9.12. The number of ether oxygens (including phenoxy) is 2. The second-order valence-electron chi connectivity index (χ2n) is 6.48. The predicted molar refractivity (Wildman–Crippen MR) is 116 cm³/mol. The van der Waals surface area contributed by atoms with E-state index in [0.717, 1.165) is 5.56 Å². The summed E-state index contributed by atoms with van der Waals surface area (Å²) in [6, 6.07) is 19.9. The van der Waals surface area contributed by atoms with E-state index < -0.39 is 10.0 Å². The summed E-state index contributed by atoms with van der Waals surface area (Å²) in [5.41, 5.74) is 1.90. The summed E-state index contributed by atoms with van der Waals surface area (Å²) in [6.07, 6.45) is 0. The average molecular weight is 426 g/mol. The lowest BCUT2D eigenvalue weighted by Gasteiger charge is -2.12. The monoisotopic (exact) mass is 426 g/mol. The zero-order valence-electron chi connectivity index (χ0n) is 16.6. The fourth-order valence-electron chi connectivity index (χ4n) is 2.63. The molecule has 0 aliphatic rings. The molecule has 7 nitrogen and oxygen atoms in total. The molecule has 3 aromatic rings. The van der Waals surface area contributed by atoms with Crippen molar-refractivity contribution in [2.45, 2.75) is 11.8 Å². The summed E-state index contributed by atoms with van der Waals surface area (Å²) in [5.74, 6) is 0.663. The molecule has 30 heavy (non-hydrogen) atoms. The number of rotatable bonds is 8. The van der Waals surface area contributed by atoms with Crippen LogP contribution < -0.4 is 19.5 Å². The maximum Gasteiger partial charge on any atom is 0.262 e. The number of sulfonamides is 1. The largest absolute Gasteiger partial charge is 0.495 e. The first-order valence-corrected chi connectivity index (χ1v) is 10.6. The molecule has 0 heterocycles. The second kappa shape index (κ2) is 9.32. The number of amides is 1. The summed E-state index contributed by atoms with van der Waals surface area (Å²) in [6.45, 7) is 1.81. The minimum absolute atomic E-state index is 0.0577. The van der Waals surface area contributed by atoms with Crippen molar-refractivity contribution in [2.24, 2.45) is 0 Å². The summed E-state index contributed by atoms with van der Waals surface area (Å²) < 4.78 is 38.3. The SMILES string of the molecule is COc1ccccc1NS(=O)(=O)c1ccc(NC(=O)COc2ccc(C)cc2)cc1. The van der Waals surface area contributed by atoms with Gasteiger partial charge in [-0.05, 0) is 55.5 Å². The highest BCUT2D eigenvalue weighted by Gasteiger charge is 2.16. The Morgan fingerprint density at radius 2 is 1.60 bits per heavy atom. The zero-order valence-corrected chi connectivity index (χ0v) is 17.4. The standard InChI is InChI=1S/C22H22N2O5S/c1-16-7-11-18(12-8-16)29-15-22(25)23-17-9-13-19(14-10-17)30(26,27)24-20-5-3-4-6-21(20)28-2/h3-14,24H,15H2,1-2H3,(H,23,25). The topological polar surface area (TPSA) is 93.7 Å². The van der Waals surface area contributed by atoms with Crippen LogP contribution in [0.5, 0.6) is 11.5 Å². The Morgan fingerprint density at radius 1 is 0.933 bits per heavy atom. The molecule has 3 rings (SSSR count). The van der Waals surface area contributed by atoms with Gasteiger partial charge in [-0.25, -0.2) is 8.42 Å². The zero-order chi connectivity index (χ0) is 21.6. The summed E-state index contributed by atoms with van der Waals surface area (Å²) in [4.78, 5) is 12.1. The Balaban J connectivity index is 1.61. The predicted octanol–water partition coefficient (Wildman–Crippen LogP) is 3.82. The molecule has 0 fully saturated rings. The van der Waals surface area contributed by atoms with Crippen LogP contribution in [0.15, 0.2) is 77.7 Å². The number of hydrogen-bond acceptors (Lipinski definition) is 5. The molecule has 0 saturated heterocycles. The van der Waals surface area contributed by atoms with Crippen molar-refractivity contribution >= 4 is 27.3 Å². The maximum atomic E-state index is 12.6. The molecule has 0 spiro atoms. The third-order valence-corrected chi connectivity index (χ3v) is 5.57. The number of nitrogens with one attached hydrogen (secondary N) is 2. The van der Waals surface area contributed by atoms with Gasteiger partial charge in [-0.3, -0.25) is 9.52 Å². The van der Waals surface area contributed by atoms with Gasteiger partial charge < -0.3 is 14.8 Å². The van der Waals surface area contributed by atoms with E-state index in [4.69, 9.17) is 9.47 Å². The van der Waals surface area contributed by atoms with Gasteiger partial charge in [0, 0.05) is 5.69 Å². The van der Waals surface area contributed by atoms with Gasteiger partial charge in [0.15, 0.2) is 6.61 Å². The van der Waals surface area contributed by atoms with Gasteiger partial charge in [0.2, 0.25) is 0 Å². The van der Waals surface area contributed by atoms with Crippen molar-refractivity contribution < 1.29 is 22.7 Å². The van der Waals surface area contributed by atoms with Crippen molar-refractivity contribution in [1.82, 2.24) is 0 Å². The molecule has 0 aliphatic heterocycles. The third-order valence-electron chi connectivity index (χ3n) is 4.19. The third kappa shape index (κ3) is 5.51. The van der Waals surface area contributed by atoms with E-state index in [0.29, 0.717) is 22.9 Å². The molecular formula is C22H22N2O5S. The van der Waals surface area contributed by atoms with Gasteiger partial charge in [0.25, 0.3) is 15.9 Å². The molecule has 2 N–H and O–H groups in total. The van der Waals surface area contributed by atoms with Gasteiger partial charge in [0.1, 0.15) is 11.5 Å². The maximum absolute atomic E-state index is 12.6. The Bertz CT molecular complexity index is 1110. The number of benzene rings is 3. The average Bonchev–Trinajstić information content (AvgIpc) is 2.74. The van der Waals surface area contributed by atoms with E-state index in [-0.39, 0.29) is 17.4 Å². The van der Waals surface area contributed by atoms with Crippen LogP contribution in [0, 0.1) is 6.92 Å². The van der Waals surface area contributed by atoms with Gasteiger partial charge in [0.05, 0.1) is 17.7 Å². The molecule has 0 atom stereocenters. The molecule has 0 aromatic heterocycles. The minimum atomic E-state index is -3.81. The molecule has 156 valence electrons. The van der Waals surface area contributed by atoms with Crippen LogP contribution in [0.4, 0.5) is 11.4 Å². The highest BCUT2D eigenvalue weighted by Crippen LogP contribution is 2.26. The van der Waals surface area contributed by atoms with Crippen molar-refractivity contribution in [1.29, 1.82) is 0 Å². The lowest BCUT2D eigenvalue weighted by Crippen LogP contribution is -2.20. The van der Waals surface area contributed by atoms with Crippen LogP contribution in [0.1, 0.15) is 5.56 Å². The number of para-hydroxylation sites is 2. The van der Waals surface area contributed by atoms with Crippen LogP contribution >= 0.6 is 0 Å². The van der Waals surface area contributed by atoms with Crippen LogP contribution in [-0.2, 0) is 14.8 Å². The van der Waals surface area contributed by atoms with Gasteiger partial charge in [-0.2, -0.15) is 0 Å². The molecule has 0 saturated carbocycles. The number of methoxy groups -OCH3 is 1. The molecule has 3 aromatic carbocycles. The van der Waals surface area contributed by atoms with Gasteiger partial charge in [-0.1, -0.05) is 29.8 Å². The van der Waals surface area contributed by atoms with E-state index in [1.807, 2.05) is 19.1 Å². The fourth-order valence-corrected chi connectivity index (χ4v) is 3.70. The normalized spacial score (nSPS) is 10.9. The van der Waals surface area contributed by atoms with E-state index >= 15 is 0 Å². The molecule has 0 aliphatic carbocycles. The first kappa shape index (κ1) is 21.2. The number of carbonyl (C=O) groups is 1. The van der Waals surface area contributed by atoms with Gasteiger partial charge >= 0.3 is 0 Å². The second-order valence-corrected chi connectivity index (χ2v) is 8.16. The molecular weight excluding hydrogens is 404 g/mol. The summed E-state index contributed by atoms with van der Waals surface area (Å²) in [7, 11) is -2.34. The van der Waals surface area contributed by atoms with E-state index in [9.17, 15) is 13.2 Å². The van der Waals surface area contributed by atoms with E-state index in [2.05, 4.69) is 10.0 Å². The van der Waals surface area contributed by atoms with Gasteiger partial charge in [-0.15, -0.1) is 0 Å². The minimum Gasteiger partial charge on any atom is -0.495 e. The Hall–Kier alpha value is -3.52. The number of anilines is 2. The van der Waals surface area contributed by atoms with E-state index in [1.165, 1.54) is 31.4 Å². The van der Waals surface area contributed by atoms with Crippen LogP contribution in [0.3, 0.4) is 0 Å². The van der Waals surface area contributed by atoms with E-state index in [1.54, 1.807) is 36.4 Å². The number of hydrogen-bond donors (Lipinski definition) is 2. The van der Waals surface area contributed by atoms with Crippen LogP contribution in [0.2, 0.25) is 0 Å². The van der Waals surface area contributed by atoms with Crippen molar-refractivity contribution in [3.63, 3.8) is 0 Å². The smallest absolute Gasteiger partial charge is 0.262 e. The fraction of sp³-hybridized carbons (Fsp3) is 0.136. The quantitative estimate of drug-likeness (QED) is 0.571.